The Morgan fingerprint density at radius 3 is 2.70 bits per heavy atom. The molecule has 2 nitrogen and oxygen atoms in total. The molecule has 1 saturated carbocycles. The Balaban J connectivity index is 1.65. The van der Waals surface area contributed by atoms with Gasteiger partial charge in [0, 0.05) is 29.5 Å². The number of rotatable bonds is 2. The topological polar surface area (TPSA) is 23.5 Å². The Bertz CT molecular complexity index is 610. The minimum Gasteiger partial charge on any atom is -0.393 e. The van der Waals surface area contributed by atoms with E-state index in [9.17, 15) is 5.11 Å². The van der Waals surface area contributed by atoms with Crippen LogP contribution in [-0.4, -0.2) is 28.2 Å². The smallest absolute Gasteiger partial charge is 0.0588 e. The van der Waals surface area contributed by atoms with Gasteiger partial charge in [-0.3, -0.25) is 4.90 Å². The first-order valence-corrected chi connectivity index (χ1v) is 9.37. The van der Waals surface area contributed by atoms with Crippen LogP contribution < -0.4 is 0 Å². The first-order valence-electron chi connectivity index (χ1n) is 9.37. The van der Waals surface area contributed by atoms with Crippen LogP contribution in [0.2, 0.25) is 0 Å². The summed E-state index contributed by atoms with van der Waals surface area (Å²) in [6, 6.07) is 9.57. The van der Waals surface area contributed by atoms with E-state index in [4.69, 9.17) is 0 Å². The van der Waals surface area contributed by atoms with Crippen LogP contribution >= 0.6 is 0 Å². The van der Waals surface area contributed by atoms with Crippen LogP contribution in [-0.2, 0) is 5.41 Å². The van der Waals surface area contributed by atoms with Crippen molar-refractivity contribution in [1.82, 2.24) is 4.90 Å². The van der Waals surface area contributed by atoms with Crippen LogP contribution in [0.3, 0.4) is 0 Å². The summed E-state index contributed by atoms with van der Waals surface area (Å²) < 4.78 is 0. The van der Waals surface area contributed by atoms with Crippen molar-refractivity contribution in [2.24, 2.45) is 11.8 Å². The van der Waals surface area contributed by atoms with E-state index in [0.29, 0.717) is 23.3 Å². The van der Waals surface area contributed by atoms with Crippen LogP contribution in [0.15, 0.2) is 24.3 Å². The van der Waals surface area contributed by atoms with Crippen molar-refractivity contribution < 1.29 is 5.11 Å². The first kappa shape index (κ1) is 15.7. The molecule has 0 amide bonds. The molecule has 1 aromatic rings. The van der Waals surface area contributed by atoms with Crippen LogP contribution in [0.25, 0.3) is 0 Å². The Morgan fingerprint density at radius 1 is 1.22 bits per heavy atom. The van der Waals surface area contributed by atoms with Crippen LogP contribution in [0.1, 0.15) is 70.5 Å². The molecule has 1 aliphatic heterocycles. The third-order valence-electron chi connectivity index (χ3n) is 7.24. The van der Waals surface area contributed by atoms with Gasteiger partial charge in [0.25, 0.3) is 0 Å². The first-order chi connectivity index (χ1) is 10.8. The highest BCUT2D eigenvalue weighted by atomic mass is 16.3. The zero-order chi connectivity index (χ0) is 16.4. The third kappa shape index (κ3) is 2.21. The lowest BCUT2D eigenvalue weighted by molar-refractivity contribution is -0.0526. The molecule has 0 unspecified atom stereocenters. The Hall–Kier alpha value is -0.860. The largest absolute Gasteiger partial charge is 0.393 e. The lowest BCUT2D eigenvalue weighted by atomic mass is 9.70. The van der Waals surface area contributed by atoms with Gasteiger partial charge >= 0.3 is 0 Å². The van der Waals surface area contributed by atoms with E-state index in [1.165, 1.54) is 18.4 Å². The molecular formula is C21H31NO. The maximum atomic E-state index is 10.7. The van der Waals surface area contributed by atoms with Gasteiger partial charge in [0.15, 0.2) is 0 Å². The number of hydrogen-bond donors (Lipinski definition) is 1. The quantitative estimate of drug-likeness (QED) is 0.881. The van der Waals surface area contributed by atoms with Crippen molar-refractivity contribution in [2.75, 3.05) is 6.54 Å². The number of aliphatic hydroxyl groups is 1. The number of fused-ring (bicyclic) bond motifs is 5. The molecule has 4 rings (SSSR count). The fourth-order valence-electron chi connectivity index (χ4n) is 5.89. The van der Waals surface area contributed by atoms with Gasteiger partial charge in [0.2, 0.25) is 0 Å². The van der Waals surface area contributed by atoms with Crippen LogP contribution in [0, 0.1) is 11.8 Å². The maximum Gasteiger partial charge on any atom is 0.0588 e. The average molecular weight is 313 g/mol. The van der Waals surface area contributed by atoms with Crippen LogP contribution in [0.5, 0.6) is 0 Å². The van der Waals surface area contributed by atoms with E-state index >= 15 is 0 Å². The fraction of sp³-hybridized carbons (Fsp3) is 0.714. The summed E-state index contributed by atoms with van der Waals surface area (Å²) >= 11 is 0. The van der Waals surface area contributed by atoms with Crippen molar-refractivity contribution >= 4 is 0 Å². The standard InChI is InChI=1S/C21H31NO/c1-14-9-10-17(19(23)11-14)20(2,3)22-13-21(4)12-18(22)15-7-5-6-8-16(15)21/h5-8,14,17-19,23H,9-13H2,1-4H3/t14-,17-,18+,19-,21+/m1/s1. The van der Waals surface area contributed by atoms with E-state index in [1.807, 2.05) is 0 Å². The molecule has 23 heavy (non-hydrogen) atoms. The highest BCUT2D eigenvalue weighted by molar-refractivity contribution is 5.45. The van der Waals surface area contributed by atoms with E-state index in [0.717, 1.165) is 19.4 Å². The predicted octanol–water partition coefficient (Wildman–Crippen LogP) is 4.28. The van der Waals surface area contributed by atoms with Gasteiger partial charge in [0.05, 0.1) is 6.10 Å². The SMILES string of the molecule is C[C@@H]1CC[C@@H](C(C)(C)N2C[C@]3(C)C[C@H]2c2ccccc23)[C@H](O)C1. The maximum absolute atomic E-state index is 10.7. The van der Waals surface area contributed by atoms with E-state index < -0.39 is 0 Å². The highest BCUT2D eigenvalue weighted by Gasteiger charge is 2.56. The van der Waals surface area contributed by atoms with Gasteiger partial charge in [-0.05, 0) is 50.2 Å². The molecule has 2 fully saturated rings. The van der Waals surface area contributed by atoms with E-state index in [1.54, 1.807) is 5.56 Å². The number of aliphatic hydroxyl groups excluding tert-OH is 1. The molecule has 2 heteroatoms. The molecule has 1 saturated heterocycles. The summed E-state index contributed by atoms with van der Waals surface area (Å²) in [6.07, 6.45) is 4.50. The van der Waals surface area contributed by atoms with Gasteiger partial charge in [-0.1, -0.05) is 44.5 Å². The van der Waals surface area contributed by atoms with Crippen molar-refractivity contribution in [3.8, 4) is 0 Å². The second-order valence-corrected chi connectivity index (χ2v) is 9.24. The summed E-state index contributed by atoms with van der Waals surface area (Å²) in [7, 11) is 0. The summed E-state index contributed by atoms with van der Waals surface area (Å²) in [5.41, 5.74) is 3.46. The van der Waals surface area contributed by atoms with Gasteiger partial charge in [-0.25, -0.2) is 0 Å². The monoisotopic (exact) mass is 313 g/mol. The van der Waals surface area contributed by atoms with Crippen molar-refractivity contribution in [3.05, 3.63) is 35.4 Å². The molecule has 126 valence electrons. The summed E-state index contributed by atoms with van der Waals surface area (Å²) in [4.78, 5) is 2.72. The highest BCUT2D eigenvalue weighted by Crippen LogP contribution is 2.57. The second kappa shape index (κ2) is 5.07. The Morgan fingerprint density at radius 2 is 1.96 bits per heavy atom. The summed E-state index contributed by atoms with van der Waals surface area (Å²) in [6.45, 7) is 10.6. The van der Waals surface area contributed by atoms with Crippen molar-refractivity contribution in [2.45, 2.75) is 76.5 Å². The number of nitrogens with zero attached hydrogens (tertiary/aromatic N) is 1. The molecular weight excluding hydrogens is 282 g/mol. The zero-order valence-corrected chi connectivity index (χ0v) is 15.0. The third-order valence-corrected chi connectivity index (χ3v) is 7.24. The second-order valence-electron chi connectivity index (χ2n) is 9.24. The molecule has 2 bridgehead atoms. The van der Waals surface area contributed by atoms with E-state index in [2.05, 4.69) is 56.9 Å². The molecule has 0 aromatic heterocycles. The number of benzene rings is 1. The van der Waals surface area contributed by atoms with Crippen LogP contribution in [0.4, 0.5) is 0 Å². The van der Waals surface area contributed by atoms with Gasteiger partial charge in [-0.15, -0.1) is 0 Å². The molecule has 2 aliphatic carbocycles. The lowest BCUT2D eigenvalue weighted by Crippen LogP contribution is -2.55. The average Bonchev–Trinajstić information content (AvgIpc) is 2.99. The van der Waals surface area contributed by atoms with Gasteiger partial charge < -0.3 is 5.11 Å². The van der Waals surface area contributed by atoms with Crippen molar-refractivity contribution in [3.63, 3.8) is 0 Å². The van der Waals surface area contributed by atoms with E-state index in [-0.39, 0.29) is 11.6 Å². The summed E-state index contributed by atoms with van der Waals surface area (Å²) in [5.74, 6) is 1.07. The van der Waals surface area contributed by atoms with Crippen molar-refractivity contribution in [1.29, 1.82) is 0 Å². The number of likely N-dealkylation sites (tertiary alicyclic amines) is 1. The Labute approximate surface area is 140 Å². The van der Waals surface area contributed by atoms with Gasteiger partial charge in [-0.2, -0.15) is 0 Å². The number of hydrogen-bond acceptors (Lipinski definition) is 2. The molecule has 0 radical (unpaired) electrons. The Kier molecular flexibility index (Phi) is 3.45. The minimum absolute atomic E-state index is 0.0650. The molecule has 1 N–H and O–H groups in total. The zero-order valence-electron chi connectivity index (χ0n) is 15.0. The molecule has 1 heterocycles. The predicted molar refractivity (Wildman–Crippen MR) is 94.4 cm³/mol. The normalized spacial score (nSPS) is 40.4. The fourth-order valence-corrected chi connectivity index (χ4v) is 5.89. The molecule has 5 atom stereocenters. The summed E-state index contributed by atoms with van der Waals surface area (Å²) in [5, 5.41) is 10.7. The minimum atomic E-state index is -0.143. The lowest BCUT2D eigenvalue weighted by Gasteiger charge is -2.51. The van der Waals surface area contributed by atoms with Gasteiger partial charge in [0.1, 0.15) is 0 Å². The molecule has 3 aliphatic rings. The molecule has 0 spiro atoms. The molecule has 1 aromatic carbocycles.